The Bertz CT molecular complexity index is 2800. The minimum absolute atomic E-state index is 0.0717. The predicted octanol–water partition coefficient (Wildman–Crippen LogP) is 8.07. The molecule has 6 fully saturated rings. The highest BCUT2D eigenvalue weighted by Gasteiger charge is 2.46. The number of carbonyl (C=O) groups is 2. The van der Waals surface area contributed by atoms with Crippen molar-refractivity contribution in [3.63, 3.8) is 0 Å². The maximum atomic E-state index is 15.3. The van der Waals surface area contributed by atoms with Gasteiger partial charge in [-0.1, -0.05) is 0 Å². The molecule has 19 heteroatoms. The highest BCUT2D eigenvalue weighted by molar-refractivity contribution is 9.10. The van der Waals surface area contributed by atoms with Crippen molar-refractivity contribution in [2.24, 2.45) is 5.92 Å². The first-order valence-corrected chi connectivity index (χ1v) is 27.5. The van der Waals surface area contributed by atoms with Crippen LogP contribution in [0.2, 0.25) is 0 Å². The lowest BCUT2D eigenvalue weighted by Gasteiger charge is -2.59. The molecule has 2 bridgehead atoms. The smallest absolute Gasteiger partial charge is 0.234 e. The number of methoxy groups -OCH3 is 1. The van der Waals surface area contributed by atoms with Crippen LogP contribution in [0.4, 0.5) is 43.3 Å². The van der Waals surface area contributed by atoms with Crippen LogP contribution in [0.15, 0.2) is 59.5 Å². The van der Waals surface area contributed by atoms with Crippen molar-refractivity contribution < 1.29 is 27.7 Å². The molecular formula is C50H59BrF2N11O4P. The lowest BCUT2D eigenvalue weighted by atomic mass is 9.84. The molecule has 5 aromatic rings. The summed E-state index contributed by atoms with van der Waals surface area (Å²) >= 11 is 3.59. The van der Waals surface area contributed by atoms with Crippen molar-refractivity contribution in [3.05, 3.63) is 82.2 Å². The van der Waals surface area contributed by atoms with Crippen LogP contribution in [0, 0.1) is 24.5 Å². The van der Waals surface area contributed by atoms with Gasteiger partial charge in [0.15, 0.2) is 0 Å². The fraction of sp³-hybridized carbons (Fsp3) is 0.480. The minimum atomic E-state index is -2.78. The number of ether oxygens (including phenoxy) is 1. The van der Waals surface area contributed by atoms with Gasteiger partial charge in [-0.15, -0.1) is 0 Å². The third-order valence-corrected chi connectivity index (χ3v) is 17.1. The van der Waals surface area contributed by atoms with E-state index < -0.39 is 36.5 Å². The van der Waals surface area contributed by atoms with E-state index in [1.165, 1.54) is 18.6 Å². The first-order chi connectivity index (χ1) is 33.2. The molecule has 0 saturated carbocycles. The first-order valence-electron chi connectivity index (χ1n) is 24.1. The van der Waals surface area contributed by atoms with Gasteiger partial charge in [0.05, 0.1) is 39.7 Å². The zero-order valence-electron chi connectivity index (χ0n) is 39.5. The molecule has 0 aliphatic carbocycles. The van der Waals surface area contributed by atoms with E-state index in [1.807, 2.05) is 12.1 Å². The number of halogens is 3. The van der Waals surface area contributed by atoms with Crippen molar-refractivity contribution in [2.45, 2.75) is 82.3 Å². The average molecular weight is 1030 g/mol. The Labute approximate surface area is 409 Å². The van der Waals surface area contributed by atoms with E-state index in [0.29, 0.717) is 73.7 Å². The van der Waals surface area contributed by atoms with Gasteiger partial charge in [-0.25, -0.2) is 13.8 Å². The molecule has 3 atom stereocenters. The molecule has 2 amide bonds. The van der Waals surface area contributed by atoms with E-state index in [-0.39, 0.29) is 18.4 Å². The second-order valence-electron chi connectivity index (χ2n) is 19.7. The molecule has 6 aliphatic rings. The molecule has 364 valence electrons. The number of rotatable bonds is 13. The molecule has 69 heavy (non-hydrogen) atoms. The predicted molar refractivity (Wildman–Crippen MR) is 269 cm³/mol. The van der Waals surface area contributed by atoms with Crippen LogP contribution in [0.25, 0.3) is 11.0 Å². The van der Waals surface area contributed by atoms with Crippen LogP contribution in [-0.4, -0.2) is 126 Å². The van der Waals surface area contributed by atoms with E-state index in [2.05, 4.69) is 85.5 Å². The maximum Gasteiger partial charge on any atom is 0.234 e. The van der Waals surface area contributed by atoms with Crippen molar-refractivity contribution in [2.75, 3.05) is 86.7 Å². The Morgan fingerprint density at radius 2 is 1.58 bits per heavy atom. The number of piperidine rings is 4. The summed E-state index contributed by atoms with van der Waals surface area (Å²) in [6, 6.07) is 12.4. The monoisotopic (exact) mass is 1030 g/mol. The molecule has 11 rings (SSSR count). The van der Waals surface area contributed by atoms with Crippen LogP contribution in [0.1, 0.15) is 68.4 Å². The summed E-state index contributed by atoms with van der Waals surface area (Å²) < 4.78 is 50.6. The summed E-state index contributed by atoms with van der Waals surface area (Å²) in [4.78, 5) is 52.2. The summed E-state index contributed by atoms with van der Waals surface area (Å²) in [5.41, 5.74) is 5.21. The van der Waals surface area contributed by atoms with E-state index in [0.717, 1.165) is 94.9 Å². The summed E-state index contributed by atoms with van der Waals surface area (Å²) in [7, 11) is -1.10. The molecule has 0 spiro atoms. The normalized spacial score (nSPS) is 21.9. The summed E-state index contributed by atoms with van der Waals surface area (Å²) in [5.74, 6) is -1.35. The zero-order chi connectivity index (χ0) is 48.1. The topological polar surface area (TPSA) is 161 Å². The van der Waals surface area contributed by atoms with Gasteiger partial charge >= 0.3 is 0 Å². The highest BCUT2D eigenvalue weighted by Crippen LogP contribution is 2.43. The molecule has 8 heterocycles. The number of nitrogens with zero attached hydrogens (tertiary/aromatic N) is 8. The Balaban J connectivity index is 0.701. The van der Waals surface area contributed by atoms with Crippen LogP contribution in [0.3, 0.4) is 0 Å². The number of aromatic nitrogens is 4. The fourth-order valence-electron chi connectivity index (χ4n) is 11.4. The number of benzene rings is 3. The average Bonchev–Trinajstić information content (AvgIpc) is 3.33. The number of anilines is 6. The maximum absolute atomic E-state index is 15.3. The molecule has 3 N–H and O–H groups in total. The van der Waals surface area contributed by atoms with E-state index in [9.17, 15) is 14.2 Å². The number of imide groups is 1. The number of nitrogens with one attached hydrogen (secondary N) is 3. The number of aryl methyl sites for hydroxylation is 1. The summed E-state index contributed by atoms with van der Waals surface area (Å²) in [5, 5.41) is 9.57. The van der Waals surface area contributed by atoms with Crippen molar-refractivity contribution in [1.29, 1.82) is 0 Å². The number of fused-ring (bicyclic) bond motifs is 3. The lowest BCUT2D eigenvalue weighted by molar-refractivity contribution is -0.134. The Morgan fingerprint density at radius 1 is 0.870 bits per heavy atom. The Kier molecular flexibility index (Phi) is 13.4. The first kappa shape index (κ1) is 47.4. The quantitative estimate of drug-likeness (QED) is 0.0768. The highest BCUT2D eigenvalue weighted by atomic mass is 79.9. The largest absolute Gasteiger partial charge is 0.494 e. The standard InChI is InChI=1S/C50H59BrF2N11O4P/c1-29-21-41(58-50-56-26-36(51)48(60-50)57-40-7-6-39-46(55-15-14-54-39)47(40)69(3,4)67)43(68-2)25-42(29)62-18-12-31(13-19-62)63-27-33-22-34(28-63)64(33)20-11-30-9-16-61(17-10-30)32-23-37(52)45(38(53)24-32)35-5-8-44(65)59-49(35)66/h6-7,14-15,21,23-26,30-31,33-35H,5,8-13,16-20,22,27-28H2,1-4H3,(H,59,65,66)(H2,56,57,58,60). The molecular weight excluding hydrogens is 967 g/mol. The van der Waals surface area contributed by atoms with Gasteiger partial charge in [0.25, 0.3) is 0 Å². The molecule has 6 saturated heterocycles. The lowest BCUT2D eigenvalue weighted by Crippen LogP contribution is -2.70. The van der Waals surface area contributed by atoms with Crippen LogP contribution in [0.5, 0.6) is 5.75 Å². The molecule has 3 unspecified atom stereocenters. The Hall–Kier alpha value is -5.29. The molecule has 2 aromatic heterocycles. The minimum Gasteiger partial charge on any atom is -0.494 e. The summed E-state index contributed by atoms with van der Waals surface area (Å²) in [6.45, 7) is 12.3. The Morgan fingerprint density at radius 3 is 2.28 bits per heavy atom. The second kappa shape index (κ2) is 19.5. The zero-order valence-corrected chi connectivity index (χ0v) is 42.0. The fourth-order valence-corrected chi connectivity index (χ4v) is 13.1. The molecule has 0 radical (unpaired) electrons. The third kappa shape index (κ3) is 9.78. The van der Waals surface area contributed by atoms with Gasteiger partial charge in [-0.2, -0.15) is 4.98 Å². The second-order valence-corrected chi connectivity index (χ2v) is 23.7. The van der Waals surface area contributed by atoms with Crippen LogP contribution in [-0.2, 0) is 14.2 Å². The number of hydrogen-bond donors (Lipinski definition) is 3. The molecule has 15 nitrogen and oxygen atoms in total. The third-order valence-electron chi connectivity index (χ3n) is 15.0. The van der Waals surface area contributed by atoms with Crippen LogP contribution >= 0.6 is 23.1 Å². The number of carbonyl (C=O) groups excluding carboxylic acids is 2. The summed E-state index contributed by atoms with van der Waals surface area (Å²) in [6.07, 6.45) is 11.7. The van der Waals surface area contributed by atoms with Gasteiger partial charge in [0.1, 0.15) is 35.9 Å². The van der Waals surface area contributed by atoms with Crippen molar-refractivity contribution >= 4 is 85.7 Å². The van der Waals surface area contributed by atoms with Crippen molar-refractivity contribution in [3.8, 4) is 5.75 Å². The molecule has 6 aliphatic heterocycles. The van der Waals surface area contributed by atoms with Crippen LogP contribution < -0.4 is 35.8 Å². The van der Waals surface area contributed by atoms with E-state index in [4.69, 9.17) is 9.72 Å². The van der Waals surface area contributed by atoms with Gasteiger partial charge in [0.2, 0.25) is 17.8 Å². The van der Waals surface area contributed by atoms with Gasteiger partial charge in [0, 0.05) is 105 Å². The number of amides is 2. The van der Waals surface area contributed by atoms with E-state index in [1.54, 1.807) is 39.0 Å². The van der Waals surface area contributed by atoms with Crippen molar-refractivity contribution in [1.82, 2.24) is 35.1 Å². The SMILES string of the molecule is COc1cc(N2CCC(N3CC4CC(C3)N4CCC3CCN(c4cc(F)c(C5CCC(=O)NC5=O)c(F)c4)CC3)CC2)c(C)cc1Nc1ncc(Br)c(Nc2ccc3nccnc3c2P(C)(C)=O)n1. The number of piperazine rings is 1. The van der Waals surface area contributed by atoms with Gasteiger partial charge in [-0.3, -0.25) is 34.7 Å². The van der Waals surface area contributed by atoms with E-state index >= 15 is 8.78 Å². The molecule has 3 aromatic carbocycles. The number of hydrogen-bond acceptors (Lipinski definition) is 14. The van der Waals surface area contributed by atoms with Gasteiger partial charge in [-0.05, 0) is 129 Å². The van der Waals surface area contributed by atoms with Gasteiger partial charge < -0.3 is 29.7 Å².